The maximum atomic E-state index is 11.8. The van der Waals surface area contributed by atoms with Crippen molar-refractivity contribution < 1.29 is 24.6 Å². The number of aliphatic hydroxyl groups excluding tert-OH is 1. The summed E-state index contributed by atoms with van der Waals surface area (Å²) in [6, 6.07) is 6.07. The van der Waals surface area contributed by atoms with E-state index in [-0.39, 0.29) is 36.2 Å². The highest BCUT2D eigenvalue weighted by molar-refractivity contribution is 6.05. The van der Waals surface area contributed by atoms with Crippen LogP contribution in [0.3, 0.4) is 0 Å². The largest absolute Gasteiger partial charge is 0.479 e. The van der Waals surface area contributed by atoms with Gasteiger partial charge in [-0.25, -0.2) is 4.79 Å². The Morgan fingerprint density at radius 3 is 2.68 bits per heavy atom. The monoisotopic (exact) mass is 264 g/mol. The van der Waals surface area contributed by atoms with E-state index in [9.17, 15) is 19.5 Å². The summed E-state index contributed by atoms with van der Waals surface area (Å²) in [5.41, 5.74) is 0.315. The number of carbonyl (C=O) groups is 3. The van der Waals surface area contributed by atoms with Gasteiger partial charge in [-0.15, -0.1) is 0 Å². The van der Waals surface area contributed by atoms with Crippen molar-refractivity contribution >= 4 is 23.5 Å². The van der Waals surface area contributed by atoms with Gasteiger partial charge in [0.05, 0.1) is 12.2 Å². The van der Waals surface area contributed by atoms with Crippen molar-refractivity contribution in [2.45, 2.75) is 6.10 Å². The molecule has 1 fully saturated rings. The van der Waals surface area contributed by atoms with Gasteiger partial charge in [0, 0.05) is 5.56 Å². The molecule has 1 heterocycles. The average molecular weight is 264 g/mol. The predicted octanol–water partition coefficient (Wildman–Crippen LogP) is -0.733. The van der Waals surface area contributed by atoms with Gasteiger partial charge in [-0.05, 0) is 6.07 Å². The maximum Gasteiger partial charge on any atom is 0.337 e. The summed E-state index contributed by atoms with van der Waals surface area (Å²) in [7, 11) is 0. The van der Waals surface area contributed by atoms with Crippen LogP contribution < -0.4 is 10.2 Å². The van der Waals surface area contributed by atoms with Crippen LogP contribution in [0.2, 0.25) is 0 Å². The number of piperazine rings is 1. The molecule has 0 aromatic heterocycles. The first-order valence-electron chi connectivity index (χ1n) is 5.57. The Morgan fingerprint density at radius 1 is 1.32 bits per heavy atom. The number of nitrogens with one attached hydrogen (secondary N) is 1. The van der Waals surface area contributed by atoms with Crippen molar-refractivity contribution in [2.75, 3.05) is 18.0 Å². The van der Waals surface area contributed by atoms with E-state index >= 15 is 0 Å². The maximum absolute atomic E-state index is 11.8. The Balaban J connectivity index is 2.41. The highest BCUT2D eigenvalue weighted by Gasteiger charge is 2.29. The molecule has 1 unspecified atom stereocenters. The molecule has 1 atom stereocenters. The number of nitrogens with zero attached hydrogens (tertiary/aromatic N) is 1. The minimum absolute atomic E-state index is 0.0815. The summed E-state index contributed by atoms with van der Waals surface area (Å²) < 4.78 is 0. The number of carboxylic acids is 1. The quantitative estimate of drug-likeness (QED) is 0.667. The standard InChI is InChI=1S/C12H12N2O5/c15-9-6-14(10(16)5-13-9)8-4-2-1-3-7(8)11(17)12(18)19/h1-4,11,17H,5-6H2,(H,13,15)(H,18,19). The van der Waals surface area contributed by atoms with Crippen LogP contribution in [0.4, 0.5) is 5.69 Å². The molecular formula is C12H12N2O5. The molecule has 0 aliphatic carbocycles. The highest BCUT2D eigenvalue weighted by atomic mass is 16.4. The van der Waals surface area contributed by atoms with Crippen LogP contribution >= 0.6 is 0 Å². The summed E-state index contributed by atoms with van der Waals surface area (Å²) in [6.45, 7) is -0.335. The van der Waals surface area contributed by atoms with Gasteiger partial charge in [-0.2, -0.15) is 0 Å². The topological polar surface area (TPSA) is 107 Å². The van der Waals surface area contributed by atoms with Crippen molar-refractivity contribution in [2.24, 2.45) is 0 Å². The Morgan fingerprint density at radius 2 is 2.00 bits per heavy atom. The third-order valence-corrected chi connectivity index (χ3v) is 2.80. The van der Waals surface area contributed by atoms with Gasteiger partial charge in [-0.1, -0.05) is 18.2 Å². The fraction of sp³-hybridized carbons (Fsp3) is 0.250. The second kappa shape index (κ2) is 5.07. The molecule has 19 heavy (non-hydrogen) atoms. The lowest BCUT2D eigenvalue weighted by atomic mass is 10.1. The van der Waals surface area contributed by atoms with Crippen LogP contribution in [0.1, 0.15) is 11.7 Å². The van der Waals surface area contributed by atoms with Crippen molar-refractivity contribution in [3.8, 4) is 0 Å². The number of aliphatic hydroxyl groups is 1. The predicted molar refractivity (Wildman–Crippen MR) is 64.4 cm³/mol. The van der Waals surface area contributed by atoms with Crippen molar-refractivity contribution in [1.82, 2.24) is 5.32 Å². The van der Waals surface area contributed by atoms with E-state index < -0.39 is 12.1 Å². The van der Waals surface area contributed by atoms with Crippen LogP contribution in [-0.4, -0.2) is 41.1 Å². The van der Waals surface area contributed by atoms with Gasteiger partial charge in [0.25, 0.3) is 0 Å². The molecule has 2 rings (SSSR count). The number of carbonyl (C=O) groups excluding carboxylic acids is 2. The molecule has 0 radical (unpaired) electrons. The first-order valence-corrected chi connectivity index (χ1v) is 5.57. The van der Waals surface area contributed by atoms with Crippen LogP contribution in [0.15, 0.2) is 24.3 Å². The minimum atomic E-state index is -1.74. The lowest BCUT2D eigenvalue weighted by Crippen LogP contribution is -2.52. The van der Waals surface area contributed by atoms with Gasteiger partial charge in [0.15, 0.2) is 6.10 Å². The molecule has 0 saturated carbocycles. The number of aliphatic carboxylic acids is 1. The van der Waals surface area contributed by atoms with Crippen molar-refractivity contribution in [1.29, 1.82) is 0 Å². The number of amides is 2. The zero-order chi connectivity index (χ0) is 14.0. The summed E-state index contributed by atoms with van der Waals surface area (Å²) in [4.78, 5) is 35.1. The Hall–Kier alpha value is -2.41. The third kappa shape index (κ3) is 2.55. The van der Waals surface area contributed by atoms with E-state index in [1.54, 1.807) is 12.1 Å². The second-order valence-electron chi connectivity index (χ2n) is 4.06. The SMILES string of the molecule is O=C1CN(c2ccccc2C(O)C(=O)O)C(=O)CN1. The number of benzene rings is 1. The molecule has 1 saturated heterocycles. The number of anilines is 1. The smallest absolute Gasteiger partial charge is 0.337 e. The normalized spacial score (nSPS) is 17.0. The molecule has 1 aromatic rings. The summed E-state index contributed by atoms with van der Waals surface area (Å²) in [5, 5.41) is 20.9. The van der Waals surface area contributed by atoms with Crippen molar-refractivity contribution in [3.63, 3.8) is 0 Å². The van der Waals surface area contributed by atoms with Crippen LogP contribution in [0.25, 0.3) is 0 Å². The molecule has 0 spiro atoms. The van der Waals surface area contributed by atoms with Gasteiger partial charge < -0.3 is 20.4 Å². The first-order chi connectivity index (χ1) is 9.00. The lowest BCUT2D eigenvalue weighted by molar-refractivity contribution is -0.147. The minimum Gasteiger partial charge on any atom is -0.479 e. The zero-order valence-corrected chi connectivity index (χ0v) is 9.87. The van der Waals surface area contributed by atoms with E-state index in [2.05, 4.69) is 5.32 Å². The number of hydrogen-bond acceptors (Lipinski definition) is 4. The Kier molecular flexibility index (Phi) is 3.48. The summed E-state index contributed by atoms with van der Waals surface area (Å²) in [6.07, 6.45) is -1.74. The summed E-state index contributed by atoms with van der Waals surface area (Å²) >= 11 is 0. The first kappa shape index (κ1) is 13.0. The fourth-order valence-corrected chi connectivity index (χ4v) is 1.87. The van der Waals surface area contributed by atoms with E-state index in [1.165, 1.54) is 17.0 Å². The van der Waals surface area contributed by atoms with Crippen molar-refractivity contribution in [3.05, 3.63) is 29.8 Å². The molecule has 7 nitrogen and oxygen atoms in total. The Labute approximate surface area is 108 Å². The molecular weight excluding hydrogens is 252 g/mol. The van der Waals surface area contributed by atoms with Gasteiger partial charge in [-0.3, -0.25) is 9.59 Å². The van der Waals surface area contributed by atoms with Gasteiger partial charge >= 0.3 is 5.97 Å². The Bertz CT molecular complexity index is 543. The molecule has 0 bridgehead atoms. The van der Waals surface area contributed by atoms with E-state index in [0.29, 0.717) is 0 Å². The number of hydrogen-bond donors (Lipinski definition) is 3. The van der Waals surface area contributed by atoms with Gasteiger partial charge in [0.2, 0.25) is 11.8 Å². The van der Waals surface area contributed by atoms with Crippen LogP contribution in [-0.2, 0) is 14.4 Å². The van der Waals surface area contributed by atoms with E-state index in [1.807, 2.05) is 0 Å². The lowest BCUT2D eigenvalue weighted by Gasteiger charge is -2.28. The molecule has 1 aromatic carbocycles. The number of para-hydroxylation sites is 1. The molecule has 100 valence electrons. The third-order valence-electron chi connectivity index (χ3n) is 2.80. The molecule has 7 heteroatoms. The molecule has 1 aliphatic heterocycles. The second-order valence-corrected chi connectivity index (χ2v) is 4.06. The average Bonchev–Trinajstić information content (AvgIpc) is 2.40. The van der Waals surface area contributed by atoms with Crippen LogP contribution in [0, 0.1) is 0 Å². The van der Waals surface area contributed by atoms with E-state index in [0.717, 1.165) is 0 Å². The summed E-state index contributed by atoms with van der Waals surface area (Å²) in [5.74, 6) is -2.11. The number of carboxylic acid groups (broad SMARTS) is 1. The number of rotatable bonds is 3. The van der Waals surface area contributed by atoms with Gasteiger partial charge in [0.1, 0.15) is 6.54 Å². The highest BCUT2D eigenvalue weighted by Crippen LogP contribution is 2.27. The zero-order valence-electron chi connectivity index (χ0n) is 9.87. The van der Waals surface area contributed by atoms with Crippen LogP contribution in [0.5, 0.6) is 0 Å². The van der Waals surface area contributed by atoms with E-state index in [4.69, 9.17) is 5.11 Å². The molecule has 1 aliphatic rings. The fourth-order valence-electron chi connectivity index (χ4n) is 1.87. The molecule has 2 amide bonds. The molecule has 3 N–H and O–H groups in total.